The molecule has 1 unspecified atom stereocenters. The number of rotatable bonds is 7. The van der Waals surface area contributed by atoms with E-state index in [0.29, 0.717) is 12.8 Å². The Kier molecular flexibility index (Phi) is 5.42. The number of thiophene rings is 1. The molecule has 1 aromatic rings. The standard InChI is InChI=1S/C11H19NO3S2/c1-3-17(13,14)6-4-5-10(12)11-7-9(15-2)8-16-11/h7-8,10H,3-6,12H2,1-2H3. The predicted molar refractivity (Wildman–Crippen MR) is 71.4 cm³/mol. The van der Waals surface area contributed by atoms with Gasteiger partial charge < -0.3 is 10.5 Å². The fourth-order valence-corrected chi connectivity index (χ4v) is 3.23. The van der Waals surface area contributed by atoms with E-state index in [1.807, 2.05) is 11.4 Å². The highest BCUT2D eigenvalue weighted by molar-refractivity contribution is 7.91. The van der Waals surface area contributed by atoms with Gasteiger partial charge in [0.2, 0.25) is 0 Å². The quantitative estimate of drug-likeness (QED) is 0.827. The molecule has 1 heterocycles. The third kappa shape index (κ3) is 4.65. The van der Waals surface area contributed by atoms with E-state index in [1.165, 1.54) is 0 Å². The molecule has 2 N–H and O–H groups in total. The summed E-state index contributed by atoms with van der Waals surface area (Å²) in [6, 6.07) is 1.81. The zero-order chi connectivity index (χ0) is 12.9. The molecule has 0 aliphatic heterocycles. The monoisotopic (exact) mass is 277 g/mol. The van der Waals surface area contributed by atoms with Crippen molar-refractivity contribution in [3.05, 3.63) is 16.3 Å². The molecule has 0 spiro atoms. The Hall–Kier alpha value is -0.590. The van der Waals surface area contributed by atoms with Gasteiger partial charge in [0.1, 0.15) is 15.6 Å². The van der Waals surface area contributed by atoms with Crippen molar-refractivity contribution in [1.29, 1.82) is 0 Å². The fourth-order valence-electron chi connectivity index (χ4n) is 1.45. The summed E-state index contributed by atoms with van der Waals surface area (Å²) in [5.41, 5.74) is 5.99. The van der Waals surface area contributed by atoms with Crippen LogP contribution in [0.1, 0.15) is 30.7 Å². The van der Waals surface area contributed by atoms with Crippen LogP contribution in [0.15, 0.2) is 11.4 Å². The van der Waals surface area contributed by atoms with Crippen molar-refractivity contribution in [2.24, 2.45) is 5.73 Å². The summed E-state index contributed by atoms with van der Waals surface area (Å²) < 4.78 is 27.7. The van der Waals surface area contributed by atoms with Gasteiger partial charge in [0.15, 0.2) is 0 Å². The van der Waals surface area contributed by atoms with Gasteiger partial charge in [0.05, 0.1) is 12.9 Å². The van der Waals surface area contributed by atoms with Crippen LogP contribution in [-0.2, 0) is 9.84 Å². The first-order valence-corrected chi connectivity index (χ1v) is 8.27. The number of ether oxygens (including phenoxy) is 1. The minimum Gasteiger partial charge on any atom is -0.496 e. The topological polar surface area (TPSA) is 69.4 Å². The molecule has 98 valence electrons. The lowest BCUT2D eigenvalue weighted by atomic mass is 10.1. The molecule has 0 fully saturated rings. The van der Waals surface area contributed by atoms with E-state index in [2.05, 4.69) is 0 Å². The van der Waals surface area contributed by atoms with Crippen molar-refractivity contribution in [3.8, 4) is 5.75 Å². The Labute approximate surface area is 107 Å². The van der Waals surface area contributed by atoms with Gasteiger partial charge in [-0.1, -0.05) is 6.92 Å². The van der Waals surface area contributed by atoms with E-state index in [9.17, 15) is 8.42 Å². The molecule has 1 rings (SSSR count). The molecular weight excluding hydrogens is 258 g/mol. The maximum Gasteiger partial charge on any atom is 0.150 e. The highest BCUT2D eigenvalue weighted by Gasteiger charge is 2.12. The largest absolute Gasteiger partial charge is 0.496 e. The first-order valence-electron chi connectivity index (χ1n) is 5.57. The van der Waals surface area contributed by atoms with E-state index in [1.54, 1.807) is 25.4 Å². The summed E-state index contributed by atoms with van der Waals surface area (Å²) in [6.07, 6.45) is 1.29. The van der Waals surface area contributed by atoms with Gasteiger partial charge in [-0.3, -0.25) is 0 Å². The van der Waals surface area contributed by atoms with E-state index in [-0.39, 0.29) is 17.5 Å². The molecule has 4 nitrogen and oxygen atoms in total. The minimum absolute atomic E-state index is 0.101. The molecule has 0 saturated carbocycles. The van der Waals surface area contributed by atoms with Gasteiger partial charge in [-0.05, 0) is 18.9 Å². The average molecular weight is 277 g/mol. The Morgan fingerprint density at radius 2 is 2.24 bits per heavy atom. The van der Waals surface area contributed by atoms with Crippen molar-refractivity contribution >= 4 is 21.2 Å². The third-order valence-corrected chi connectivity index (χ3v) is 5.44. The van der Waals surface area contributed by atoms with Crippen LogP contribution in [0.4, 0.5) is 0 Å². The lowest BCUT2D eigenvalue weighted by Gasteiger charge is -2.08. The molecule has 17 heavy (non-hydrogen) atoms. The Morgan fingerprint density at radius 3 is 2.76 bits per heavy atom. The van der Waals surface area contributed by atoms with Crippen LogP contribution in [0.3, 0.4) is 0 Å². The number of hydrogen-bond acceptors (Lipinski definition) is 5. The van der Waals surface area contributed by atoms with Crippen molar-refractivity contribution in [3.63, 3.8) is 0 Å². The maximum absolute atomic E-state index is 11.3. The van der Waals surface area contributed by atoms with Crippen LogP contribution in [0.5, 0.6) is 5.75 Å². The number of sulfone groups is 1. The van der Waals surface area contributed by atoms with Crippen LogP contribution in [-0.4, -0.2) is 27.0 Å². The molecule has 0 aromatic carbocycles. The van der Waals surface area contributed by atoms with Crippen LogP contribution in [0, 0.1) is 0 Å². The average Bonchev–Trinajstić information content (AvgIpc) is 2.77. The Morgan fingerprint density at radius 1 is 1.53 bits per heavy atom. The summed E-state index contributed by atoms with van der Waals surface area (Å²) in [5, 5.41) is 1.90. The summed E-state index contributed by atoms with van der Waals surface area (Å²) >= 11 is 1.55. The molecule has 6 heteroatoms. The number of hydrogen-bond donors (Lipinski definition) is 1. The normalized spacial score (nSPS) is 13.6. The summed E-state index contributed by atoms with van der Waals surface area (Å²) in [5.74, 6) is 1.23. The third-order valence-electron chi connectivity index (χ3n) is 2.61. The van der Waals surface area contributed by atoms with E-state index < -0.39 is 9.84 Å². The van der Waals surface area contributed by atoms with Gasteiger partial charge in [-0.25, -0.2) is 8.42 Å². The highest BCUT2D eigenvalue weighted by atomic mass is 32.2. The van der Waals surface area contributed by atoms with Crippen LogP contribution in [0.2, 0.25) is 0 Å². The summed E-state index contributed by atoms with van der Waals surface area (Å²) in [7, 11) is -1.26. The molecule has 0 aliphatic carbocycles. The number of nitrogens with two attached hydrogens (primary N) is 1. The van der Waals surface area contributed by atoms with E-state index >= 15 is 0 Å². The molecule has 1 atom stereocenters. The first-order chi connectivity index (χ1) is 7.98. The second kappa shape index (κ2) is 6.37. The lowest BCUT2D eigenvalue weighted by Crippen LogP contribution is -2.13. The summed E-state index contributed by atoms with van der Waals surface area (Å²) in [6.45, 7) is 1.67. The predicted octanol–water partition coefficient (Wildman–Crippen LogP) is 1.97. The van der Waals surface area contributed by atoms with Crippen LogP contribution >= 0.6 is 11.3 Å². The summed E-state index contributed by atoms with van der Waals surface area (Å²) in [4.78, 5) is 1.04. The fraction of sp³-hybridized carbons (Fsp3) is 0.636. The van der Waals surface area contributed by atoms with Crippen molar-refractivity contribution in [2.75, 3.05) is 18.6 Å². The first kappa shape index (κ1) is 14.5. The zero-order valence-corrected chi connectivity index (χ0v) is 11.8. The second-order valence-electron chi connectivity index (χ2n) is 3.87. The minimum atomic E-state index is -2.87. The SMILES string of the molecule is CCS(=O)(=O)CCCC(N)c1cc(OC)cs1. The van der Waals surface area contributed by atoms with E-state index in [4.69, 9.17) is 10.5 Å². The van der Waals surface area contributed by atoms with Crippen LogP contribution < -0.4 is 10.5 Å². The van der Waals surface area contributed by atoms with Gasteiger partial charge in [-0.15, -0.1) is 11.3 Å². The van der Waals surface area contributed by atoms with Gasteiger partial charge in [0.25, 0.3) is 0 Å². The van der Waals surface area contributed by atoms with Crippen molar-refractivity contribution in [1.82, 2.24) is 0 Å². The van der Waals surface area contributed by atoms with E-state index in [0.717, 1.165) is 10.6 Å². The molecule has 1 aromatic heterocycles. The molecule has 0 amide bonds. The zero-order valence-electron chi connectivity index (χ0n) is 10.2. The molecule has 0 bridgehead atoms. The molecule has 0 saturated heterocycles. The number of methoxy groups -OCH3 is 1. The molecule has 0 aliphatic rings. The van der Waals surface area contributed by atoms with Gasteiger partial charge >= 0.3 is 0 Å². The molecule has 0 radical (unpaired) electrons. The Balaban J connectivity index is 2.42. The molecular formula is C11H19NO3S2. The maximum atomic E-state index is 11.3. The van der Waals surface area contributed by atoms with Crippen molar-refractivity contribution in [2.45, 2.75) is 25.8 Å². The highest BCUT2D eigenvalue weighted by Crippen LogP contribution is 2.27. The Bertz CT molecular complexity index is 439. The second-order valence-corrected chi connectivity index (χ2v) is 7.29. The lowest BCUT2D eigenvalue weighted by molar-refractivity contribution is 0.416. The van der Waals surface area contributed by atoms with Gasteiger partial charge in [0, 0.05) is 22.1 Å². The van der Waals surface area contributed by atoms with Crippen molar-refractivity contribution < 1.29 is 13.2 Å². The van der Waals surface area contributed by atoms with Crippen LogP contribution in [0.25, 0.3) is 0 Å². The smallest absolute Gasteiger partial charge is 0.150 e. The van der Waals surface area contributed by atoms with Gasteiger partial charge in [-0.2, -0.15) is 0 Å².